The van der Waals surface area contributed by atoms with Crippen LogP contribution in [0.2, 0.25) is 0 Å². The van der Waals surface area contributed by atoms with Gasteiger partial charge in [-0.05, 0) is 38.1 Å². The molecule has 0 unspecified atom stereocenters. The zero-order valence-corrected chi connectivity index (χ0v) is 14.2. The molecular formula is C16H16F2N2O4S. The van der Waals surface area contributed by atoms with Crippen molar-refractivity contribution in [3.8, 4) is 5.75 Å². The Labute approximate surface area is 143 Å². The Morgan fingerprint density at radius 3 is 2.44 bits per heavy atom. The van der Waals surface area contributed by atoms with E-state index in [0.29, 0.717) is 0 Å². The fourth-order valence-corrected chi connectivity index (χ4v) is 2.86. The molecule has 134 valence electrons. The molecule has 0 aliphatic carbocycles. The van der Waals surface area contributed by atoms with Gasteiger partial charge in [0.05, 0.1) is 6.10 Å². The lowest BCUT2D eigenvalue weighted by Gasteiger charge is -2.12. The Balaban J connectivity index is 2.15. The summed E-state index contributed by atoms with van der Waals surface area (Å²) in [4.78, 5) is 13.2. The lowest BCUT2D eigenvalue weighted by Crippen LogP contribution is -2.41. The molecule has 2 rings (SSSR count). The molecule has 2 N–H and O–H groups in total. The molecule has 0 bridgehead atoms. The maximum atomic E-state index is 13.6. The summed E-state index contributed by atoms with van der Waals surface area (Å²) in [6.45, 7) is 3.46. The summed E-state index contributed by atoms with van der Waals surface area (Å²) in [7, 11) is -4.32. The van der Waals surface area contributed by atoms with Gasteiger partial charge in [0.25, 0.3) is 15.9 Å². The topological polar surface area (TPSA) is 84.5 Å². The highest BCUT2D eigenvalue weighted by Crippen LogP contribution is 2.18. The molecule has 25 heavy (non-hydrogen) atoms. The number of benzene rings is 2. The molecule has 0 atom stereocenters. The molecule has 1 amide bonds. The molecule has 0 saturated heterocycles. The third-order valence-electron chi connectivity index (χ3n) is 2.93. The molecule has 0 heterocycles. The summed E-state index contributed by atoms with van der Waals surface area (Å²) >= 11 is 0. The van der Waals surface area contributed by atoms with E-state index in [9.17, 15) is 22.0 Å². The SMILES string of the molecule is CC(C)Oc1cc(F)cc(C(=O)NNS(=O)(=O)c2ccccc2F)c1. The Kier molecular flexibility index (Phi) is 5.70. The van der Waals surface area contributed by atoms with Crippen molar-refractivity contribution in [2.24, 2.45) is 0 Å². The van der Waals surface area contributed by atoms with Gasteiger partial charge in [0.15, 0.2) is 0 Å². The number of carbonyl (C=O) groups is 1. The van der Waals surface area contributed by atoms with Gasteiger partial charge in [0.2, 0.25) is 0 Å². The van der Waals surface area contributed by atoms with Crippen LogP contribution in [0.4, 0.5) is 8.78 Å². The molecule has 0 spiro atoms. The number of amides is 1. The van der Waals surface area contributed by atoms with E-state index >= 15 is 0 Å². The molecule has 0 radical (unpaired) electrons. The van der Waals surface area contributed by atoms with Crippen LogP contribution < -0.4 is 15.0 Å². The Bertz CT molecular complexity index is 885. The van der Waals surface area contributed by atoms with Crippen molar-refractivity contribution < 1.29 is 26.7 Å². The Morgan fingerprint density at radius 1 is 1.12 bits per heavy atom. The van der Waals surface area contributed by atoms with Gasteiger partial charge in [-0.3, -0.25) is 10.2 Å². The standard InChI is InChI=1S/C16H16F2N2O4S/c1-10(2)24-13-8-11(7-12(17)9-13)16(21)19-20-25(22,23)15-6-4-3-5-14(15)18/h3-10,20H,1-2H3,(H,19,21). The largest absolute Gasteiger partial charge is 0.491 e. The summed E-state index contributed by atoms with van der Waals surface area (Å²) in [5.74, 6) is -2.49. The number of ether oxygens (including phenoxy) is 1. The second-order valence-electron chi connectivity index (χ2n) is 5.33. The number of sulfonamides is 1. The number of hydrogen-bond donors (Lipinski definition) is 2. The summed E-state index contributed by atoms with van der Waals surface area (Å²) in [6.07, 6.45) is -0.239. The highest BCUT2D eigenvalue weighted by molar-refractivity contribution is 7.89. The van der Waals surface area contributed by atoms with Crippen molar-refractivity contribution in [1.29, 1.82) is 0 Å². The van der Waals surface area contributed by atoms with Gasteiger partial charge < -0.3 is 4.74 Å². The Hall–Kier alpha value is -2.52. The van der Waals surface area contributed by atoms with Gasteiger partial charge in [-0.25, -0.2) is 17.2 Å². The summed E-state index contributed by atoms with van der Waals surface area (Å²) < 4.78 is 56.5. The molecule has 0 aliphatic rings. The van der Waals surface area contributed by atoms with Crippen LogP contribution in [0.5, 0.6) is 5.75 Å². The zero-order valence-electron chi connectivity index (χ0n) is 13.4. The second kappa shape index (κ2) is 7.58. The van der Waals surface area contributed by atoms with Crippen molar-refractivity contribution in [3.05, 3.63) is 59.7 Å². The van der Waals surface area contributed by atoms with Gasteiger partial charge in [-0.15, -0.1) is 4.83 Å². The normalized spacial score (nSPS) is 11.4. The first-order chi connectivity index (χ1) is 11.7. The zero-order chi connectivity index (χ0) is 18.6. The quantitative estimate of drug-likeness (QED) is 0.765. The fourth-order valence-electron chi connectivity index (χ4n) is 1.94. The highest BCUT2D eigenvalue weighted by atomic mass is 32.2. The maximum absolute atomic E-state index is 13.6. The number of nitrogens with one attached hydrogen (secondary N) is 2. The summed E-state index contributed by atoms with van der Waals surface area (Å²) in [5, 5.41) is 0. The van der Waals surface area contributed by atoms with E-state index in [4.69, 9.17) is 4.74 Å². The second-order valence-corrected chi connectivity index (χ2v) is 6.98. The van der Waals surface area contributed by atoms with Crippen LogP contribution in [0.25, 0.3) is 0 Å². The molecular weight excluding hydrogens is 354 g/mol. The van der Waals surface area contributed by atoms with Crippen molar-refractivity contribution in [2.45, 2.75) is 24.8 Å². The average Bonchev–Trinajstić information content (AvgIpc) is 2.51. The predicted octanol–water partition coefficient (Wildman–Crippen LogP) is 2.38. The van der Waals surface area contributed by atoms with Gasteiger partial charge in [0.1, 0.15) is 22.3 Å². The van der Waals surface area contributed by atoms with E-state index in [2.05, 4.69) is 0 Å². The molecule has 9 heteroatoms. The molecule has 0 saturated carbocycles. The van der Waals surface area contributed by atoms with Crippen molar-refractivity contribution in [1.82, 2.24) is 10.3 Å². The van der Waals surface area contributed by atoms with E-state index in [0.717, 1.165) is 24.3 Å². The van der Waals surface area contributed by atoms with Crippen LogP contribution in [-0.4, -0.2) is 20.4 Å². The Morgan fingerprint density at radius 2 is 1.80 bits per heavy atom. The number of hydrogen-bond acceptors (Lipinski definition) is 4. The summed E-state index contributed by atoms with van der Waals surface area (Å²) in [5.41, 5.74) is 1.75. The van der Waals surface area contributed by atoms with Crippen LogP contribution in [0.3, 0.4) is 0 Å². The van der Waals surface area contributed by atoms with Crippen molar-refractivity contribution in [3.63, 3.8) is 0 Å². The monoisotopic (exact) mass is 370 g/mol. The average molecular weight is 370 g/mol. The van der Waals surface area contributed by atoms with E-state index in [1.165, 1.54) is 18.2 Å². The first kappa shape index (κ1) is 18.8. The smallest absolute Gasteiger partial charge is 0.266 e. The van der Waals surface area contributed by atoms with Crippen molar-refractivity contribution in [2.75, 3.05) is 0 Å². The highest BCUT2D eigenvalue weighted by Gasteiger charge is 2.20. The third-order valence-corrected chi connectivity index (χ3v) is 4.21. The molecule has 2 aromatic rings. The van der Waals surface area contributed by atoms with Crippen LogP contribution in [0, 0.1) is 11.6 Å². The lowest BCUT2D eigenvalue weighted by atomic mass is 10.2. The molecule has 2 aromatic carbocycles. The molecule has 0 aromatic heterocycles. The van der Waals surface area contributed by atoms with Crippen molar-refractivity contribution >= 4 is 15.9 Å². The van der Waals surface area contributed by atoms with Gasteiger partial charge in [0, 0.05) is 11.6 Å². The summed E-state index contributed by atoms with van der Waals surface area (Å²) in [6, 6.07) is 7.95. The minimum absolute atomic E-state index is 0.122. The minimum Gasteiger partial charge on any atom is -0.491 e. The van der Waals surface area contributed by atoms with Gasteiger partial charge in [-0.2, -0.15) is 0 Å². The molecule has 0 fully saturated rings. The third kappa shape index (κ3) is 4.97. The number of hydrazine groups is 1. The number of rotatable bonds is 6. The number of halogens is 2. The van der Waals surface area contributed by atoms with Gasteiger partial charge in [-0.1, -0.05) is 12.1 Å². The lowest BCUT2D eigenvalue weighted by molar-refractivity contribution is 0.0943. The van der Waals surface area contributed by atoms with E-state index in [1.807, 2.05) is 5.43 Å². The minimum atomic E-state index is -4.32. The molecule has 6 nitrogen and oxygen atoms in total. The fraction of sp³-hybridized carbons (Fsp3) is 0.188. The number of carbonyl (C=O) groups excluding carboxylic acids is 1. The van der Waals surface area contributed by atoms with E-state index < -0.39 is 32.5 Å². The molecule has 0 aliphatic heterocycles. The maximum Gasteiger partial charge on any atom is 0.266 e. The van der Waals surface area contributed by atoms with Crippen LogP contribution >= 0.6 is 0 Å². The van der Waals surface area contributed by atoms with E-state index in [1.54, 1.807) is 18.7 Å². The van der Waals surface area contributed by atoms with Crippen LogP contribution in [0.15, 0.2) is 47.4 Å². The van der Waals surface area contributed by atoms with Crippen LogP contribution in [0.1, 0.15) is 24.2 Å². The first-order valence-corrected chi connectivity index (χ1v) is 8.71. The first-order valence-electron chi connectivity index (χ1n) is 7.23. The van der Waals surface area contributed by atoms with Crippen LogP contribution in [-0.2, 0) is 10.0 Å². The predicted molar refractivity (Wildman–Crippen MR) is 86.4 cm³/mol. The van der Waals surface area contributed by atoms with E-state index in [-0.39, 0.29) is 17.4 Å². The van der Waals surface area contributed by atoms with Gasteiger partial charge >= 0.3 is 0 Å².